The van der Waals surface area contributed by atoms with Gasteiger partial charge in [-0.2, -0.15) is 13.2 Å². The van der Waals surface area contributed by atoms with E-state index in [-0.39, 0.29) is 0 Å². The van der Waals surface area contributed by atoms with Crippen LogP contribution >= 0.6 is 0 Å². The fourth-order valence-corrected chi connectivity index (χ4v) is 2.04. The van der Waals surface area contributed by atoms with Gasteiger partial charge < -0.3 is 10.0 Å². The maximum absolute atomic E-state index is 10.6. The summed E-state index contributed by atoms with van der Waals surface area (Å²) in [6.07, 6.45) is 3.76. The molecule has 3 nitrogen and oxygen atoms in total. The van der Waals surface area contributed by atoms with Crippen LogP contribution in [0.1, 0.15) is 38.5 Å². The third kappa shape index (κ3) is 4.93. The van der Waals surface area contributed by atoms with Gasteiger partial charge in [0.1, 0.15) is 0 Å². The molecule has 0 aromatic heterocycles. The molecule has 0 bridgehead atoms. The van der Waals surface area contributed by atoms with E-state index in [1.807, 2.05) is 0 Å². The number of carboxylic acids is 1. The van der Waals surface area contributed by atoms with Gasteiger partial charge in [-0.25, -0.2) is 4.79 Å². The second-order valence-electron chi connectivity index (χ2n) is 4.48. The zero-order valence-electron chi connectivity index (χ0n) is 9.67. The van der Waals surface area contributed by atoms with Crippen molar-refractivity contribution in [3.05, 3.63) is 0 Å². The maximum atomic E-state index is 10.6. The summed E-state index contributed by atoms with van der Waals surface area (Å²) in [4.78, 5) is 11.6. The van der Waals surface area contributed by atoms with Crippen LogP contribution in [0.25, 0.3) is 0 Å². The molecule has 100 valence electrons. The molecule has 1 heterocycles. The first-order valence-corrected chi connectivity index (χ1v) is 5.95. The molecule has 1 aliphatic carbocycles. The highest BCUT2D eigenvalue weighted by Crippen LogP contribution is 2.26. The average molecular weight is 253 g/mol. The Morgan fingerprint density at radius 3 is 1.82 bits per heavy atom. The highest BCUT2D eigenvalue weighted by molar-refractivity contribution is 5.73. The van der Waals surface area contributed by atoms with Crippen molar-refractivity contribution in [3.8, 4) is 0 Å². The van der Waals surface area contributed by atoms with Crippen LogP contribution in [0.15, 0.2) is 0 Å². The molecule has 1 saturated heterocycles. The van der Waals surface area contributed by atoms with E-state index in [2.05, 4.69) is 4.90 Å². The molecular formula is C11H18F3NO2. The summed E-state index contributed by atoms with van der Waals surface area (Å²) in [7, 11) is 0. The molecule has 1 aliphatic heterocycles. The summed E-state index contributed by atoms with van der Waals surface area (Å²) < 4.78 is 31.7. The second-order valence-corrected chi connectivity index (χ2v) is 4.48. The van der Waals surface area contributed by atoms with Gasteiger partial charge in [0, 0.05) is 6.04 Å². The van der Waals surface area contributed by atoms with Crippen LogP contribution in [0.4, 0.5) is 13.2 Å². The lowest BCUT2D eigenvalue weighted by Crippen LogP contribution is -2.42. The molecular weight excluding hydrogens is 235 g/mol. The first-order chi connectivity index (χ1) is 7.91. The molecule has 1 N–H and O–H groups in total. The number of halogens is 3. The SMILES string of the molecule is C1CCN(C2CCC2)CC1.O=C(O)C(F)(F)F. The van der Waals surface area contributed by atoms with Crippen LogP contribution in [0.2, 0.25) is 0 Å². The molecule has 17 heavy (non-hydrogen) atoms. The lowest BCUT2D eigenvalue weighted by molar-refractivity contribution is -0.192. The van der Waals surface area contributed by atoms with Gasteiger partial charge in [0.2, 0.25) is 0 Å². The number of hydrogen-bond donors (Lipinski definition) is 1. The monoisotopic (exact) mass is 253 g/mol. The second kappa shape index (κ2) is 6.23. The molecule has 6 heteroatoms. The van der Waals surface area contributed by atoms with Crippen molar-refractivity contribution >= 4 is 5.97 Å². The number of alkyl halides is 3. The third-order valence-electron chi connectivity index (χ3n) is 3.22. The zero-order valence-corrected chi connectivity index (χ0v) is 9.67. The fraction of sp³-hybridized carbons (Fsp3) is 0.909. The van der Waals surface area contributed by atoms with Crippen LogP contribution in [0.3, 0.4) is 0 Å². The smallest absolute Gasteiger partial charge is 0.475 e. The minimum Gasteiger partial charge on any atom is -0.475 e. The number of carbonyl (C=O) groups is 1. The molecule has 0 radical (unpaired) electrons. The molecule has 2 aliphatic rings. The number of aliphatic carboxylic acids is 1. The van der Waals surface area contributed by atoms with Crippen molar-refractivity contribution in [1.82, 2.24) is 4.90 Å². The van der Waals surface area contributed by atoms with Crippen molar-refractivity contribution in [2.75, 3.05) is 13.1 Å². The fourth-order valence-electron chi connectivity index (χ4n) is 2.04. The summed E-state index contributed by atoms with van der Waals surface area (Å²) in [6.45, 7) is 2.79. The minimum absolute atomic E-state index is 1.00. The molecule has 0 aromatic rings. The number of piperidine rings is 1. The largest absolute Gasteiger partial charge is 0.490 e. The predicted molar refractivity (Wildman–Crippen MR) is 56.8 cm³/mol. The molecule has 0 aromatic carbocycles. The van der Waals surface area contributed by atoms with Gasteiger partial charge in [0.05, 0.1) is 0 Å². The summed E-state index contributed by atoms with van der Waals surface area (Å²) in [6, 6.07) is 1.00. The Labute approximate surface area is 98.6 Å². The lowest BCUT2D eigenvalue weighted by Gasteiger charge is -2.39. The van der Waals surface area contributed by atoms with E-state index in [0.29, 0.717) is 0 Å². The number of likely N-dealkylation sites (tertiary alicyclic amines) is 1. The first kappa shape index (κ1) is 14.3. The zero-order chi connectivity index (χ0) is 12.9. The highest BCUT2D eigenvalue weighted by Gasteiger charge is 2.38. The topological polar surface area (TPSA) is 40.5 Å². The van der Waals surface area contributed by atoms with E-state index in [1.165, 1.54) is 51.6 Å². The third-order valence-corrected chi connectivity index (χ3v) is 3.22. The van der Waals surface area contributed by atoms with Crippen molar-refractivity contribution in [2.24, 2.45) is 0 Å². The van der Waals surface area contributed by atoms with Crippen LogP contribution in [0.5, 0.6) is 0 Å². The number of hydrogen-bond acceptors (Lipinski definition) is 2. The van der Waals surface area contributed by atoms with E-state index in [1.54, 1.807) is 0 Å². The van der Waals surface area contributed by atoms with Gasteiger partial charge in [-0.1, -0.05) is 12.8 Å². The van der Waals surface area contributed by atoms with Crippen molar-refractivity contribution in [2.45, 2.75) is 50.7 Å². The molecule has 2 rings (SSSR count). The van der Waals surface area contributed by atoms with Crippen LogP contribution < -0.4 is 0 Å². The Morgan fingerprint density at radius 1 is 1.06 bits per heavy atom. The number of carboxylic acid groups (broad SMARTS) is 1. The van der Waals surface area contributed by atoms with Gasteiger partial charge in [-0.15, -0.1) is 0 Å². The Kier molecular flexibility index (Phi) is 5.24. The molecule has 0 amide bonds. The molecule has 2 fully saturated rings. The Bertz CT molecular complexity index is 246. The minimum atomic E-state index is -5.08. The lowest BCUT2D eigenvalue weighted by atomic mass is 9.90. The predicted octanol–water partition coefficient (Wildman–Crippen LogP) is 2.66. The Morgan fingerprint density at radius 2 is 1.53 bits per heavy atom. The van der Waals surface area contributed by atoms with Gasteiger partial charge >= 0.3 is 12.1 Å². The number of nitrogens with zero attached hydrogens (tertiary/aromatic N) is 1. The Hall–Kier alpha value is -0.780. The average Bonchev–Trinajstić information content (AvgIpc) is 2.16. The van der Waals surface area contributed by atoms with Gasteiger partial charge in [0.25, 0.3) is 0 Å². The summed E-state index contributed by atoms with van der Waals surface area (Å²) >= 11 is 0. The quantitative estimate of drug-likeness (QED) is 0.781. The van der Waals surface area contributed by atoms with E-state index >= 15 is 0 Å². The standard InChI is InChI=1S/C9H17N.C2HF3O2/c1-2-7-10(8-3-1)9-5-4-6-9;3-2(4,5)1(6)7/h9H,1-8H2;(H,6,7). The molecule has 0 unspecified atom stereocenters. The van der Waals surface area contributed by atoms with Crippen LogP contribution in [0, 0.1) is 0 Å². The van der Waals surface area contributed by atoms with Crippen molar-refractivity contribution in [1.29, 1.82) is 0 Å². The maximum Gasteiger partial charge on any atom is 0.490 e. The Balaban J connectivity index is 0.000000185. The summed E-state index contributed by atoms with van der Waals surface area (Å²) in [5, 5.41) is 7.12. The van der Waals surface area contributed by atoms with Crippen molar-refractivity contribution < 1.29 is 23.1 Å². The molecule has 0 spiro atoms. The van der Waals surface area contributed by atoms with Crippen molar-refractivity contribution in [3.63, 3.8) is 0 Å². The normalized spacial score (nSPS) is 22.3. The summed E-state index contributed by atoms with van der Waals surface area (Å²) in [5.74, 6) is -2.76. The number of rotatable bonds is 1. The van der Waals surface area contributed by atoms with Crippen LogP contribution in [-0.4, -0.2) is 41.3 Å². The van der Waals surface area contributed by atoms with Gasteiger partial charge in [0.15, 0.2) is 0 Å². The highest BCUT2D eigenvalue weighted by atomic mass is 19.4. The molecule has 1 saturated carbocycles. The van der Waals surface area contributed by atoms with Gasteiger partial charge in [-0.3, -0.25) is 0 Å². The van der Waals surface area contributed by atoms with Crippen LogP contribution in [-0.2, 0) is 4.79 Å². The van der Waals surface area contributed by atoms with E-state index in [0.717, 1.165) is 6.04 Å². The van der Waals surface area contributed by atoms with Gasteiger partial charge in [-0.05, 0) is 38.8 Å². The van der Waals surface area contributed by atoms with E-state index in [4.69, 9.17) is 9.90 Å². The molecule has 0 atom stereocenters. The summed E-state index contributed by atoms with van der Waals surface area (Å²) in [5.41, 5.74) is 0. The van der Waals surface area contributed by atoms with E-state index in [9.17, 15) is 13.2 Å². The first-order valence-electron chi connectivity index (χ1n) is 5.95. The van der Waals surface area contributed by atoms with E-state index < -0.39 is 12.1 Å².